The van der Waals surface area contributed by atoms with Gasteiger partial charge in [0.05, 0.1) is 36.7 Å². The van der Waals surface area contributed by atoms with E-state index in [1.165, 1.54) is 18.9 Å². The first kappa shape index (κ1) is 20.5. The number of aromatic nitrogens is 1. The number of fused-ring (bicyclic) bond motifs is 1. The normalized spacial score (nSPS) is 10.4. The van der Waals surface area contributed by atoms with Gasteiger partial charge in [0.2, 0.25) is 5.91 Å². The molecule has 3 rings (SSSR count). The van der Waals surface area contributed by atoms with Crippen molar-refractivity contribution in [3.05, 3.63) is 53.1 Å². The molecule has 148 valence electrons. The maximum Gasteiger partial charge on any atom is 0.234 e. The van der Waals surface area contributed by atoms with Crippen LogP contribution >= 0.6 is 11.8 Å². The van der Waals surface area contributed by atoms with Gasteiger partial charge < -0.3 is 14.8 Å². The summed E-state index contributed by atoms with van der Waals surface area (Å²) < 4.78 is 10.5. The number of anilines is 1. The number of carbonyl (C=O) groups is 1. The predicted octanol–water partition coefficient (Wildman–Crippen LogP) is 4.47. The number of nitrogens with one attached hydrogen (secondary N) is 1. The summed E-state index contributed by atoms with van der Waals surface area (Å²) in [5, 5.41) is 13.8. The number of ether oxygens (including phenoxy) is 2. The van der Waals surface area contributed by atoms with Gasteiger partial charge in [0, 0.05) is 11.5 Å². The molecule has 0 aliphatic heterocycles. The van der Waals surface area contributed by atoms with Crippen LogP contribution in [0.3, 0.4) is 0 Å². The van der Waals surface area contributed by atoms with Crippen molar-refractivity contribution < 1.29 is 14.3 Å². The molecule has 1 amide bonds. The van der Waals surface area contributed by atoms with Crippen molar-refractivity contribution in [3.63, 3.8) is 0 Å². The molecule has 1 aromatic heterocycles. The first-order valence-corrected chi connectivity index (χ1v) is 9.91. The lowest BCUT2D eigenvalue weighted by Gasteiger charge is -2.12. The lowest BCUT2D eigenvalue weighted by Crippen LogP contribution is -2.15. The summed E-state index contributed by atoms with van der Waals surface area (Å²) in [6.07, 6.45) is 0. The molecule has 0 fully saturated rings. The van der Waals surface area contributed by atoms with E-state index in [-0.39, 0.29) is 11.7 Å². The number of rotatable bonds is 6. The predicted molar refractivity (Wildman–Crippen MR) is 115 cm³/mol. The topological polar surface area (TPSA) is 84.2 Å². The molecule has 0 aliphatic rings. The third-order valence-corrected chi connectivity index (χ3v) is 5.61. The molecule has 3 aromatic rings. The molecule has 0 unspecified atom stereocenters. The maximum atomic E-state index is 12.5. The van der Waals surface area contributed by atoms with Gasteiger partial charge in [-0.25, -0.2) is 4.98 Å². The Hall–Kier alpha value is -3.24. The fraction of sp³-hybridized carbons (Fsp3) is 0.227. The van der Waals surface area contributed by atoms with Gasteiger partial charge in [-0.15, -0.1) is 0 Å². The van der Waals surface area contributed by atoms with Gasteiger partial charge >= 0.3 is 0 Å². The summed E-state index contributed by atoms with van der Waals surface area (Å²) in [5.41, 5.74) is 4.03. The van der Waals surface area contributed by atoms with E-state index in [1.54, 1.807) is 25.3 Å². The van der Waals surface area contributed by atoms with Gasteiger partial charge in [-0.3, -0.25) is 4.79 Å². The third kappa shape index (κ3) is 4.44. The number of amides is 1. The summed E-state index contributed by atoms with van der Waals surface area (Å²) in [4.78, 5) is 17.2. The second-order valence-electron chi connectivity index (χ2n) is 6.44. The number of methoxy groups -OCH3 is 2. The van der Waals surface area contributed by atoms with E-state index < -0.39 is 0 Å². The second-order valence-corrected chi connectivity index (χ2v) is 7.40. The van der Waals surface area contributed by atoms with Crippen LogP contribution in [0, 0.1) is 25.2 Å². The quantitative estimate of drug-likeness (QED) is 0.607. The largest absolute Gasteiger partial charge is 0.497 e. The van der Waals surface area contributed by atoms with Gasteiger partial charge in [-0.05, 0) is 43.2 Å². The van der Waals surface area contributed by atoms with Crippen LogP contribution in [0.5, 0.6) is 11.5 Å². The average Bonchev–Trinajstić information content (AvgIpc) is 2.74. The highest BCUT2D eigenvalue weighted by atomic mass is 32.2. The molecule has 0 saturated heterocycles. The number of pyridine rings is 1. The summed E-state index contributed by atoms with van der Waals surface area (Å²) in [6.45, 7) is 4.03. The molecule has 2 aromatic carbocycles. The first-order valence-electron chi connectivity index (χ1n) is 8.92. The highest BCUT2D eigenvalue weighted by Gasteiger charge is 2.14. The Morgan fingerprint density at radius 3 is 2.66 bits per heavy atom. The molecule has 0 atom stereocenters. The Morgan fingerprint density at radius 2 is 1.97 bits per heavy atom. The molecule has 0 bridgehead atoms. The van der Waals surface area contributed by atoms with Crippen LogP contribution in [0.1, 0.15) is 16.7 Å². The Labute approximate surface area is 173 Å². The lowest BCUT2D eigenvalue weighted by atomic mass is 10.0. The van der Waals surface area contributed by atoms with Gasteiger partial charge in [-0.2, -0.15) is 5.26 Å². The molecule has 1 heterocycles. The van der Waals surface area contributed by atoms with Crippen LogP contribution in [-0.4, -0.2) is 30.9 Å². The molecule has 0 spiro atoms. The van der Waals surface area contributed by atoms with Crippen molar-refractivity contribution in [2.45, 2.75) is 18.9 Å². The second kappa shape index (κ2) is 8.84. The van der Waals surface area contributed by atoms with E-state index in [0.717, 1.165) is 22.0 Å². The van der Waals surface area contributed by atoms with Gasteiger partial charge in [-0.1, -0.05) is 23.9 Å². The summed E-state index contributed by atoms with van der Waals surface area (Å²) in [7, 11) is 3.09. The monoisotopic (exact) mass is 407 g/mol. The standard InChI is InChI=1S/C22H21N3O3S/c1-13-5-6-15-9-16(11-23)22(25-21(15)14(13)2)29-12-20(26)24-18-10-17(27-3)7-8-19(18)28-4/h5-10H,12H2,1-4H3,(H,24,26). The van der Waals surface area contributed by atoms with Crippen molar-refractivity contribution in [2.24, 2.45) is 0 Å². The SMILES string of the molecule is COc1ccc(OC)c(NC(=O)CSc2nc3c(C)c(C)ccc3cc2C#N)c1. The number of nitriles is 1. The van der Waals surface area contributed by atoms with Gasteiger partial charge in [0.1, 0.15) is 22.6 Å². The number of carbonyl (C=O) groups excluding carboxylic acids is 1. The highest BCUT2D eigenvalue weighted by molar-refractivity contribution is 8.00. The van der Waals surface area contributed by atoms with Crippen LogP contribution < -0.4 is 14.8 Å². The minimum Gasteiger partial charge on any atom is -0.497 e. The molecule has 6 nitrogen and oxygen atoms in total. The maximum absolute atomic E-state index is 12.5. The van der Waals surface area contributed by atoms with Crippen LogP contribution in [0.2, 0.25) is 0 Å². The number of thioether (sulfide) groups is 1. The average molecular weight is 407 g/mol. The number of aryl methyl sites for hydroxylation is 2. The van der Waals surface area contributed by atoms with E-state index >= 15 is 0 Å². The van der Waals surface area contributed by atoms with Crippen LogP contribution in [-0.2, 0) is 4.79 Å². The van der Waals surface area contributed by atoms with Gasteiger partial charge in [0.15, 0.2) is 0 Å². The van der Waals surface area contributed by atoms with Crippen molar-refractivity contribution in [1.82, 2.24) is 4.98 Å². The number of benzene rings is 2. The fourth-order valence-corrected chi connectivity index (χ4v) is 3.64. The fourth-order valence-electron chi connectivity index (χ4n) is 2.89. The molecular weight excluding hydrogens is 386 g/mol. The van der Waals surface area contributed by atoms with Crippen LogP contribution in [0.15, 0.2) is 41.4 Å². The molecule has 0 aliphatic carbocycles. The molecule has 29 heavy (non-hydrogen) atoms. The van der Waals surface area contributed by atoms with Crippen molar-refractivity contribution in [2.75, 3.05) is 25.3 Å². The summed E-state index contributed by atoms with van der Waals surface area (Å²) in [5.74, 6) is 1.03. The lowest BCUT2D eigenvalue weighted by molar-refractivity contribution is -0.113. The minimum absolute atomic E-state index is 0.110. The highest BCUT2D eigenvalue weighted by Crippen LogP contribution is 2.30. The Kier molecular flexibility index (Phi) is 6.25. The zero-order valence-electron chi connectivity index (χ0n) is 16.7. The van der Waals surface area contributed by atoms with Gasteiger partial charge in [0.25, 0.3) is 0 Å². The molecule has 0 radical (unpaired) electrons. The Morgan fingerprint density at radius 1 is 1.17 bits per heavy atom. The number of hydrogen-bond donors (Lipinski definition) is 1. The summed E-state index contributed by atoms with van der Waals surface area (Å²) in [6, 6.07) is 13.2. The summed E-state index contributed by atoms with van der Waals surface area (Å²) >= 11 is 1.23. The Bertz CT molecular complexity index is 1120. The molecule has 7 heteroatoms. The number of nitrogens with zero attached hydrogens (tertiary/aromatic N) is 2. The van der Waals surface area contributed by atoms with Crippen LogP contribution in [0.25, 0.3) is 10.9 Å². The van der Waals surface area contributed by atoms with Crippen LogP contribution in [0.4, 0.5) is 5.69 Å². The van der Waals surface area contributed by atoms with E-state index in [1.807, 2.05) is 32.0 Å². The van der Waals surface area contributed by atoms with Crippen molar-refractivity contribution in [1.29, 1.82) is 5.26 Å². The van der Waals surface area contributed by atoms with E-state index in [9.17, 15) is 10.1 Å². The van der Waals surface area contributed by atoms with E-state index in [4.69, 9.17) is 9.47 Å². The molecular formula is C22H21N3O3S. The number of hydrogen-bond acceptors (Lipinski definition) is 6. The van der Waals surface area contributed by atoms with E-state index in [0.29, 0.717) is 27.8 Å². The first-order chi connectivity index (χ1) is 14.0. The van der Waals surface area contributed by atoms with Crippen molar-refractivity contribution in [3.8, 4) is 17.6 Å². The zero-order chi connectivity index (χ0) is 21.0. The Balaban J connectivity index is 1.81. The van der Waals surface area contributed by atoms with E-state index in [2.05, 4.69) is 16.4 Å². The molecule has 1 N–H and O–H groups in total. The third-order valence-electron chi connectivity index (χ3n) is 4.62. The smallest absolute Gasteiger partial charge is 0.234 e. The molecule has 0 saturated carbocycles. The minimum atomic E-state index is -0.228. The van der Waals surface area contributed by atoms with Crippen molar-refractivity contribution >= 4 is 34.3 Å². The zero-order valence-corrected chi connectivity index (χ0v) is 17.5.